The van der Waals surface area contributed by atoms with E-state index in [1.807, 2.05) is 60.7 Å². The molecule has 1 fully saturated rings. The van der Waals surface area contributed by atoms with Gasteiger partial charge in [0, 0.05) is 0 Å². The van der Waals surface area contributed by atoms with E-state index < -0.39 is 0 Å². The van der Waals surface area contributed by atoms with E-state index in [9.17, 15) is 9.59 Å². The zero-order valence-electron chi connectivity index (χ0n) is 11.0. The van der Waals surface area contributed by atoms with Crippen molar-refractivity contribution in [1.29, 1.82) is 0 Å². The van der Waals surface area contributed by atoms with E-state index in [0.29, 0.717) is 6.42 Å². The van der Waals surface area contributed by atoms with Crippen molar-refractivity contribution >= 4 is 11.8 Å². The number of amides is 2. The smallest absolute Gasteiger partial charge is 0.234 e. The van der Waals surface area contributed by atoms with Crippen LogP contribution in [0.25, 0.3) is 0 Å². The van der Waals surface area contributed by atoms with Gasteiger partial charge >= 0.3 is 0 Å². The van der Waals surface area contributed by atoms with Gasteiger partial charge in [-0.2, -0.15) is 0 Å². The monoisotopic (exact) mass is 265 g/mol. The molecular formula is C17H15NO2. The third-order valence-corrected chi connectivity index (χ3v) is 3.73. The molecule has 0 unspecified atom stereocenters. The molecule has 0 spiro atoms. The molecule has 0 aliphatic carbocycles. The quantitative estimate of drug-likeness (QED) is 0.865. The zero-order chi connectivity index (χ0) is 13.9. The normalized spacial score (nSPS) is 21.8. The number of rotatable bonds is 3. The fourth-order valence-corrected chi connectivity index (χ4v) is 2.75. The molecule has 1 heterocycles. The van der Waals surface area contributed by atoms with Crippen LogP contribution < -0.4 is 5.32 Å². The van der Waals surface area contributed by atoms with E-state index in [2.05, 4.69) is 5.32 Å². The van der Waals surface area contributed by atoms with Gasteiger partial charge in [-0.15, -0.1) is 0 Å². The first kappa shape index (κ1) is 12.6. The summed E-state index contributed by atoms with van der Waals surface area (Å²) in [5, 5.41) is 2.46. The van der Waals surface area contributed by atoms with Crippen LogP contribution in [-0.4, -0.2) is 11.8 Å². The lowest BCUT2D eigenvalue weighted by atomic mass is 9.84. The Balaban J connectivity index is 1.91. The van der Waals surface area contributed by atoms with Crippen molar-refractivity contribution in [2.45, 2.75) is 12.3 Å². The Labute approximate surface area is 117 Å². The summed E-state index contributed by atoms with van der Waals surface area (Å²) in [7, 11) is 0. The molecule has 2 amide bonds. The Bertz CT molecular complexity index is 622. The van der Waals surface area contributed by atoms with Crippen LogP contribution in [-0.2, 0) is 16.0 Å². The molecular weight excluding hydrogens is 250 g/mol. The van der Waals surface area contributed by atoms with Gasteiger partial charge in [0.25, 0.3) is 0 Å². The van der Waals surface area contributed by atoms with Gasteiger partial charge in [0.15, 0.2) is 0 Å². The molecule has 2 aromatic carbocycles. The molecule has 2 atom stereocenters. The highest BCUT2D eigenvalue weighted by Crippen LogP contribution is 2.32. The maximum absolute atomic E-state index is 12.1. The molecule has 2 aromatic rings. The summed E-state index contributed by atoms with van der Waals surface area (Å²) in [6, 6.07) is 19.3. The minimum atomic E-state index is -0.385. The lowest BCUT2D eigenvalue weighted by Gasteiger charge is -2.15. The van der Waals surface area contributed by atoms with Gasteiger partial charge in [-0.25, -0.2) is 0 Å². The molecule has 100 valence electrons. The summed E-state index contributed by atoms with van der Waals surface area (Å²) in [4.78, 5) is 24.1. The molecule has 3 nitrogen and oxygen atoms in total. The van der Waals surface area contributed by atoms with E-state index in [1.165, 1.54) is 0 Å². The Morgan fingerprint density at radius 3 is 2.05 bits per heavy atom. The van der Waals surface area contributed by atoms with Crippen LogP contribution in [0.3, 0.4) is 0 Å². The van der Waals surface area contributed by atoms with Gasteiger partial charge < -0.3 is 0 Å². The van der Waals surface area contributed by atoms with Crippen molar-refractivity contribution in [2.24, 2.45) is 5.92 Å². The van der Waals surface area contributed by atoms with Gasteiger partial charge in [-0.1, -0.05) is 60.7 Å². The van der Waals surface area contributed by atoms with Crippen molar-refractivity contribution in [3.8, 4) is 0 Å². The number of hydrogen-bond donors (Lipinski definition) is 1. The van der Waals surface area contributed by atoms with E-state index in [1.54, 1.807) is 0 Å². The van der Waals surface area contributed by atoms with Crippen molar-refractivity contribution in [3.63, 3.8) is 0 Å². The highest BCUT2D eigenvalue weighted by molar-refractivity contribution is 6.07. The first-order chi connectivity index (χ1) is 9.75. The SMILES string of the molecule is O=C1NC(=O)[C@@H](c2ccccc2)[C@H]1Cc1ccccc1. The van der Waals surface area contributed by atoms with Crippen LogP contribution in [0.5, 0.6) is 0 Å². The Hall–Kier alpha value is -2.42. The van der Waals surface area contributed by atoms with Crippen LogP contribution in [0, 0.1) is 5.92 Å². The number of carbonyl (C=O) groups excluding carboxylic acids is 2. The average Bonchev–Trinajstić information content (AvgIpc) is 2.75. The minimum absolute atomic E-state index is 0.173. The predicted molar refractivity (Wildman–Crippen MR) is 76.0 cm³/mol. The molecule has 0 radical (unpaired) electrons. The van der Waals surface area contributed by atoms with Crippen LogP contribution in [0.1, 0.15) is 17.0 Å². The van der Waals surface area contributed by atoms with Crippen molar-refractivity contribution in [3.05, 3.63) is 71.8 Å². The molecule has 20 heavy (non-hydrogen) atoms. The zero-order valence-corrected chi connectivity index (χ0v) is 11.0. The molecule has 3 heteroatoms. The molecule has 1 aliphatic rings. The molecule has 3 rings (SSSR count). The second kappa shape index (κ2) is 5.29. The van der Waals surface area contributed by atoms with Crippen LogP contribution >= 0.6 is 0 Å². The number of benzene rings is 2. The van der Waals surface area contributed by atoms with Crippen LogP contribution in [0.15, 0.2) is 60.7 Å². The van der Waals surface area contributed by atoms with Gasteiger partial charge in [0.05, 0.1) is 11.8 Å². The number of hydrogen-bond acceptors (Lipinski definition) is 2. The lowest BCUT2D eigenvalue weighted by molar-refractivity contribution is -0.125. The first-order valence-corrected chi connectivity index (χ1v) is 6.69. The standard InChI is InChI=1S/C17H15NO2/c19-16-14(11-12-7-3-1-4-8-12)15(17(20)18-16)13-9-5-2-6-10-13/h1-10,14-15H,11H2,(H,18,19,20)/t14-,15+/m1/s1. The summed E-state index contributed by atoms with van der Waals surface area (Å²) in [5.41, 5.74) is 1.97. The molecule has 0 bridgehead atoms. The van der Waals surface area contributed by atoms with Gasteiger partial charge in [-0.3, -0.25) is 14.9 Å². The van der Waals surface area contributed by atoms with Crippen LogP contribution in [0.4, 0.5) is 0 Å². The second-order valence-electron chi connectivity index (χ2n) is 5.04. The highest BCUT2D eigenvalue weighted by Gasteiger charge is 2.42. The van der Waals surface area contributed by atoms with Crippen molar-refractivity contribution in [2.75, 3.05) is 0 Å². The summed E-state index contributed by atoms with van der Waals surface area (Å²) >= 11 is 0. The summed E-state index contributed by atoms with van der Waals surface area (Å²) in [6.45, 7) is 0. The number of carbonyl (C=O) groups is 2. The van der Waals surface area contributed by atoms with Gasteiger partial charge in [-0.05, 0) is 17.5 Å². The van der Waals surface area contributed by atoms with E-state index in [0.717, 1.165) is 11.1 Å². The third kappa shape index (κ3) is 2.35. The molecule has 0 saturated carbocycles. The van der Waals surface area contributed by atoms with E-state index >= 15 is 0 Å². The number of imide groups is 1. The lowest BCUT2D eigenvalue weighted by Crippen LogP contribution is -2.22. The Morgan fingerprint density at radius 1 is 0.800 bits per heavy atom. The fourth-order valence-electron chi connectivity index (χ4n) is 2.75. The Kier molecular flexibility index (Phi) is 3.33. The predicted octanol–water partition coefficient (Wildman–Crippen LogP) is 2.29. The summed E-state index contributed by atoms with van der Waals surface area (Å²) in [5.74, 6) is -1.08. The largest absolute Gasteiger partial charge is 0.296 e. The fraction of sp³-hybridized carbons (Fsp3) is 0.176. The highest BCUT2D eigenvalue weighted by atomic mass is 16.2. The van der Waals surface area contributed by atoms with Gasteiger partial charge in [0.2, 0.25) is 11.8 Å². The topological polar surface area (TPSA) is 46.2 Å². The van der Waals surface area contributed by atoms with E-state index in [4.69, 9.17) is 0 Å². The van der Waals surface area contributed by atoms with E-state index in [-0.39, 0.29) is 23.7 Å². The number of nitrogens with one attached hydrogen (secondary N) is 1. The molecule has 0 aromatic heterocycles. The summed E-state index contributed by atoms with van der Waals surface area (Å²) in [6.07, 6.45) is 0.581. The van der Waals surface area contributed by atoms with Crippen LogP contribution in [0.2, 0.25) is 0 Å². The second-order valence-corrected chi connectivity index (χ2v) is 5.04. The average molecular weight is 265 g/mol. The third-order valence-electron chi connectivity index (χ3n) is 3.73. The minimum Gasteiger partial charge on any atom is -0.296 e. The van der Waals surface area contributed by atoms with Crippen molar-refractivity contribution in [1.82, 2.24) is 5.32 Å². The van der Waals surface area contributed by atoms with Gasteiger partial charge in [0.1, 0.15) is 0 Å². The maximum atomic E-state index is 12.1. The van der Waals surface area contributed by atoms with Crippen molar-refractivity contribution < 1.29 is 9.59 Å². The summed E-state index contributed by atoms with van der Waals surface area (Å²) < 4.78 is 0. The molecule has 1 N–H and O–H groups in total. The maximum Gasteiger partial charge on any atom is 0.234 e. The first-order valence-electron chi connectivity index (χ1n) is 6.69. The molecule has 1 saturated heterocycles. The Morgan fingerprint density at radius 2 is 1.40 bits per heavy atom. The molecule has 1 aliphatic heterocycles.